The first-order chi connectivity index (χ1) is 2.94. The molecule has 0 aromatic carbocycles. The Labute approximate surface area is 65.5 Å². The molecule has 0 fully saturated rings. The van der Waals surface area contributed by atoms with E-state index in [1.54, 1.807) is 13.8 Å². The van der Waals surface area contributed by atoms with Crippen molar-refractivity contribution in [2.24, 2.45) is 0 Å². The van der Waals surface area contributed by atoms with Gasteiger partial charge in [-0.25, -0.2) is 0 Å². The average molecular weight is 152 g/mol. The second-order valence-corrected chi connectivity index (χ2v) is 4.37. The van der Waals surface area contributed by atoms with Crippen LogP contribution in [-0.2, 0) is 0 Å². The van der Waals surface area contributed by atoms with Crippen molar-refractivity contribution in [1.82, 2.24) is 0 Å². The summed E-state index contributed by atoms with van der Waals surface area (Å²) in [5.41, 5.74) is -0.396. The van der Waals surface area contributed by atoms with Crippen LogP contribution in [0.15, 0.2) is 0 Å². The molecule has 0 aromatic heterocycles. The topological polar surface area (TPSA) is 60.7 Å². The van der Waals surface area contributed by atoms with Crippen LogP contribution in [0.2, 0.25) is 0 Å². The van der Waals surface area contributed by atoms with E-state index in [4.69, 9.17) is 14.7 Å². The van der Waals surface area contributed by atoms with Gasteiger partial charge in [0, 0.05) is 0 Å². The van der Waals surface area contributed by atoms with Gasteiger partial charge in [0.15, 0.2) is 0 Å². The van der Waals surface area contributed by atoms with Crippen LogP contribution in [0.25, 0.3) is 0 Å². The van der Waals surface area contributed by atoms with Crippen molar-refractivity contribution >= 4 is 31.0 Å². The maximum absolute atomic E-state index is 8.34. The molecule has 0 aliphatic carbocycles. The molecule has 0 aliphatic rings. The SMILES string of the molecule is CC(C)[PH](O)(O)O.[MgH2]. The number of hydrogen-bond acceptors (Lipinski definition) is 3. The summed E-state index contributed by atoms with van der Waals surface area (Å²) in [6.45, 7) is 3.12. The molecule has 0 spiro atoms. The molecule has 0 atom stereocenters. The third kappa shape index (κ3) is 5.22. The Morgan fingerprint density at radius 2 is 1.25 bits per heavy atom. The van der Waals surface area contributed by atoms with Crippen LogP contribution in [0.4, 0.5) is 0 Å². The first-order valence-corrected chi connectivity index (χ1v) is 4.03. The fourth-order valence-corrected chi connectivity index (χ4v) is 0. The summed E-state index contributed by atoms with van der Waals surface area (Å²) in [5, 5.41) is 0. The molecule has 0 saturated carbocycles. The number of hydrogen-bond donors (Lipinski definition) is 3. The fraction of sp³-hybridized carbons (Fsp3) is 1.00. The van der Waals surface area contributed by atoms with Crippen LogP contribution in [0, 0.1) is 0 Å². The van der Waals surface area contributed by atoms with Crippen molar-refractivity contribution in [3.63, 3.8) is 0 Å². The molecule has 0 bridgehead atoms. The Hall–Kier alpha value is 1.08. The van der Waals surface area contributed by atoms with Gasteiger partial charge in [-0.2, -0.15) is 0 Å². The molecule has 50 valence electrons. The molecular weight excluding hydrogens is 139 g/mol. The van der Waals surface area contributed by atoms with Gasteiger partial charge >= 0.3 is 65.2 Å². The minimum absolute atomic E-state index is 0. The van der Waals surface area contributed by atoms with E-state index < -0.39 is 13.6 Å². The second-order valence-electron chi connectivity index (χ2n) is 1.84. The van der Waals surface area contributed by atoms with Crippen LogP contribution in [-0.4, -0.2) is 43.4 Å². The van der Waals surface area contributed by atoms with Gasteiger partial charge in [0.2, 0.25) is 0 Å². The van der Waals surface area contributed by atoms with E-state index in [1.807, 2.05) is 0 Å². The first kappa shape index (κ1) is 11.8. The van der Waals surface area contributed by atoms with Gasteiger partial charge in [-0.3, -0.25) is 0 Å². The molecule has 0 saturated heterocycles. The molecule has 5 heteroatoms. The molecule has 3 nitrogen and oxygen atoms in total. The van der Waals surface area contributed by atoms with Crippen LogP contribution < -0.4 is 0 Å². The standard InChI is InChI=1S/C3H11O3P.Mg.2H/c1-3(2)7(4,5)6;;;/h3-7H,1-2H3;;;. The van der Waals surface area contributed by atoms with E-state index in [-0.39, 0.29) is 23.1 Å². The summed E-state index contributed by atoms with van der Waals surface area (Å²) >= 11 is 0. The molecule has 0 radical (unpaired) electrons. The van der Waals surface area contributed by atoms with Crippen molar-refractivity contribution in [3.05, 3.63) is 0 Å². The molecule has 0 amide bonds. The van der Waals surface area contributed by atoms with Gasteiger partial charge in [0.05, 0.1) is 0 Å². The average Bonchev–Trinajstić information content (AvgIpc) is 1.31. The first-order valence-electron chi connectivity index (χ1n) is 2.11. The monoisotopic (exact) mass is 152 g/mol. The van der Waals surface area contributed by atoms with E-state index in [0.29, 0.717) is 0 Å². The predicted molar refractivity (Wildman–Crippen MR) is 38.7 cm³/mol. The molecule has 8 heavy (non-hydrogen) atoms. The zero-order chi connectivity index (χ0) is 6.08. The van der Waals surface area contributed by atoms with Crippen molar-refractivity contribution in [1.29, 1.82) is 0 Å². The van der Waals surface area contributed by atoms with Crippen molar-refractivity contribution in [2.45, 2.75) is 19.5 Å². The van der Waals surface area contributed by atoms with E-state index in [9.17, 15) is 0 Å². The van der Waals surface area contributed by atoms with E-state index in [1.165, 1.54) is 0 Å². The summed E-state index contributed by atoms with van der Waals surface area (Å²) in [4.78, 5) is 25.0. The number of rotatable bonds is 1. The van der Waals surface area contributed by atoms with Gasteiger partial charge in [0.1, 0.15) is 0 Å². The molecule has 0 aliphatic heterocycles. The molecule has 3 N–H and O–H groups in total. The zero-order valence-electron chi connectivity index (χ0n) is 4.42. The molecular formula is C3H13MgO3P. The van der Waals surface area contributed by atoms with Crippen LogP contribution in [0.3, 0.4) is 0 Å². The third-order valence-corrected chi connectivity index (χ3v) is 2.32. The molecule has 0 heterocycles. The quantitative estimate of drug-likeness (QED) is 0.332. The van der Waals surface area contributed by atoms with E-state index in [0.717, 1.165) is 0 Å². The minimum Gasteiger partial charge on any atom is 0.316 e. The Morgan fingerprint density at radius 1 is 1.12 bits per heavy atom. The predicted octanol–water partition coefficient (Wildman–Crippen LogP) is -1.05. The maximum Gasteiger partial charge on any atom is 0.316 e. The van der Waals surface area contributed by atoms with E-state index >= 15 is 0 Å². The van der Waals surface area contributed by atoms with Gasteiger partial charge in [-0.15, -0.1) is 0 Å². The Morgan fingerprint density at radius 3 is 1.25 bits per heavy atom. The third-order valence-electron chi connectivity index (χ3n) is 0.775. The molecule has 0 unspecified atom stereocenters. The summed E-state index contributed by atoms with van der Waals surface area (Å²) in [6, 6.07) is 0. The Bertz CT molecular complexity index is 60.0. The largest absolute Gasteiger partial charge is 0.316 e. The second kappa shape index (κ2) is 3.98. The Kier molecular flexibility index (Phi) is 5.89. The Balaban J connectivity index is 0. The smallest absolute Gasteiger partial charge is 0.316 e. The fourth-order valence-electron chi connectivity index (χ4n) is 0. The summed E-state index contributed by atoms with van der Waals surface area (Å²) in [5.74, 6) is 0. The van der Waals surface area contributed by atoms with Crippen LogP contribution in [0.5, 0.6) is 0 Å². The minimum atomic E-state index is -3.73. The summed E-state index contributed by atoms with van der Waals surface area (Å²) in [6.07, 6.45) is 0. The van der Waals surface area contributed by atoms with Crippen LogP contribution in [0.1, 0.15) is 13.8 Å². The van der Waals surface area contributed by atoms with Gasteiger partial charge in [0.25, 0.3) is 0 Å². The summed E-state index contributed by atoms with van der Waals surface area (Å²) in [7, 11) is -3.73. The van der Waals surface area contributed by atoms with Crippen molar-refractivity contribution in [3.8, 4) is 0 Å². The summed E-state index contributed by atoms with van der Waals surface area (Å²) < 4.78 is 0. The van der Waals surface area contributed by atoms with Crippen molar-refractivity contribution in [2.75, 3.05) is 0 Å². The normalized spacial score (nSPS) is 13.2. The van der Waals surface area contributed by atoms with Gasteiger partial charge in [-0.05, 0) is 0 Å². The van der Waals surface area contributed by atoms with Crippen LogP contribution >= 0.6 is 7.94 Å². The molecule has 0 aromatic rings. The van der Waals surface area contributed by atoms with Gasteiger partial charge in [-0.1, -0.05) is 0 Å². The maximum atomic E-state index is 8.34. The van der Waals surface area contributed by atoms with Crippen molar-refractivity contribution < 1.29 is 14.7 Å². The van der Waals surface area contributed by atoms with E-state index in [2.05, 4.69) is 0 Å². The molecule has 0 rings (SSSR count). The van der Waals surface area contributed by atoms with Gasteiger partial charge < -0.3 is 0 Å². The zero-order valence-corrected chi connectivity index (χ0v) is 5.42.